The van der Waals surface area contributed by atoms with Gasteiger partial charge in [0.2, 0.25) is 0 Å². The van der Waals surface area contributed by atoms with Crippen molar-refractivity contribution in [3.63, 3.8) is 0 Å². The van der Waals surface area contributed by atoms with Crippen LogP contribution in [-0.4, -0.2) is 30.8 Å². The van der Waals surface area contributed by atoms with E-state index in [0.29, 0.717) is 6.23 Å². The van der Waals surface area contributed by atoms with E-state index in [9.17, 15) is 0 Å². The molecule has 0 spiro atoms. The molecule has 1 unspecified atom stereocenters. The molecule has 1 heterocycles. The highest BCUT2D eigenvalue weighted by Crippen LogP contribution is 2.17. The van der Waals surface area contributed by atoms with Gasteiger partial charge in [-0.15, -0.1) is 0 Å². The fourth-order valence-corrected chi connectivity index (χ4v) is 2.46. The molecule has 0 aromatic heterocycles. The second kappa shape index (κ2) is 9.00. The lowest BCUT2D eigenvalue weighted by Gasteiger charge is -2.20. The third kappa shape index (κ3) is 5.31. The topological polar surface area (TPSA) is 12.5 Å². The predicted molar refractivity (Wildman–Crippen MR) is 69.6 cm³/mol. The minimum absolute atomic E-state index is 0.431. The van der Waals surface area contributed by atoms with Gasteiger partial charge >= 0.3 is 0 Å². The summed E-state index contributed by atoms with van der Waals surface area (Å²) in [5, 5.41) is 0. The molecule has 2 heteroatoms. The van der Waals surface area contributed by atoms with E-state index < -0.39 is 0 Å². The maximum atomic E-state index is 5.73. The van der Waals surface area contributed by atoms with Crippen LogP contribution in [0, 0.1) is 0 Å². The first-order valence-electron chi connectivity index (χ1n) is 7.24. The van der Waals surface area contributed by atoms with Crippen LogP contribution in [0.1, 0.15) is 65.2 Å². The summed E-state index contributed by atoms with van der Waals surface area (Å²) in [4.78, 5) is 2.46. The minimum atomic E-state index is 0.431. The van der Waals surface area contributed by atoms with Gasteiger partial charge in [-0.3, -0.25) is 4.90 Å². The van der Waals surface area contributed by atoms with Crippen LogP contribution in [0.4, 0.5) is 0 Å². The lowest BCUT2D eigenvalue weighted by atomic mass is 10.1. The molecule has 1 aliphatic rings. The van der Waals surface area contributed by atoms with E-state index in [-0.39, 0.29) is 0 Å². The Hall–Kier alpha value is -0.0800. The molecular formula is C14H29NO. The van der Waals surface area contributed by atoms with Gasteiger partial charge in [0.1, 0.15) is 6.23 Å². The fourth-order valence-electron chi connectivity index (χ4n) is 2.46. The van der Waals surface area contributed by atoms with E-state index in [1.54, 1.807) is 0 Å². The van der Waals surface area contributed by atoms with Crippen LogP contribution in [0.2, 0.25) is 0 Å². The van der Waals surface area contributed by atoms with Crippen molar-refractivity contribution in [2.45, 2.75) is 71.4 Å². The first kappa shape index (κ1) is 14.0. The largest absolute Gasteiger partial charge is 0.362 e. The molecule has 0 amide bonds. The predicted octanol–water partition coefficient (Wildman–Crippen LogP) is 3.81. The Balaban J connectivity index is 1.90. The number of ether oxygens (including phenoxy) is 1. The summed E-state index contributed by atoms with van der Waals surface area (Å²) >= 11 is 0. The van der Waals surface area contributed by atoms with E-state index in [0.717, 1.165) is 19.7 Å². The smallest absolute Gasteiger partial charge is 0.110 e. The third-order valence-electron chi connectivity index (χ3n) is 3.56. The van der Waals surface area contributed by atoms with Crippen molar-refractivity contribution in [3.8, 4) is 0 Å². The van der Waals surface area contributed by atoms with E-state index in [2.05, 4.69) is 18.7 Å². The van der Waals surface area contributed by atoms with Crippen LogP contribution in [0.5, 0.6) is 0 Å². The third-order valence-corrected chi connectivity index (χ3v) is 3.56. The Morgan fingerprint density at radius 3 is 2.38 bits per heavy atom. The van der Waals surface area contributed by atoms with Gasteiger partial charge in [-0.25, -0.2) is 0 Å². The second-order valence-electron chi connectivity index (χ2n) is 4.86. The summed E-state index contributed by atoms with van der Waals surface area (Å²) < 4.78 is 5.73. The first-order chi connectivity index (χ1) is 7.88. The molecule has 2 nitrogen and oxygen atoms in total. The van der Waals surface area contributed by atoms with Crippen LogP contribution in [0.15, 0.2) is 0 Å². The average Bonchev–Trinajstić information content (AvgIpc) is 2.75. The first-order valence-corrected chi connectivity index (χ1v) is 7.24. The van der Waals surface area contributed by atoms with Crippen molar-refractivity contribution in [3.05, 3.63) is 0 Å². The summed E-state index contributed by atoms with van der Waals surface area (Å²) in [6.45, 7) is 7.72. The Morgan fingerprint density at radius 1 is 1.00 bits per heavy atom. The molecule has 0 saturated carbocycles. The molecule has 0 aliphatic carbocycles. The zero-order valence-electron chi connectivity index (χ0n) is 11.2. The van der Waals surface area contributed by atoms with Gasteiger partial charge in [0.05, 0.1) is 6.61 Å². The lowest BCUT2D eigenvalue weighted by molar-refractivity contribution is 0.0277. The number of unbranched alkanes of at least 4 members (excludes halogenated alkanes) is 6. The van der Waals surface area contributed by atoms with Gasteiger partial charge in [0.25, 0.3) is 0 Å². The highest BCUT2D eigenvalue weighted by Gasteiger charge is 2.22. The molecule has 0 radical (unpaired) electrons. The number of likely N-dealkylation sites (N-methyl/N-ethyl adjacent to an activating group) is 1. The van der Waals surface area contributed by atoms with Crippen molar-refractivity contribution in [2.75, 3.05) is 19.7 Å². The Morgan fingerprint density at radius 2 is 1.69 bits per heavy atom. The molecule has 1 saturated heterocycles. The minimum Gasteiger partial charge on any atom is -0.362 e. The number of hydrogen-bond donors (Lipinski definition) is 0. The average molecular weight is 227 g/mol. The van der Waals surface area contributed by atoms with Crippen LogP contribution in [-0.2, 0) is 4.74 Å². The van der Waals surface area contributed by atoms with Crippen molar-refractivity contribution < 1.29 is 4.74 Å². The molecule has 1 aliphatic heterocycles. The molecule has 0 bridgehead atoms. The summed E-state index contributed by atoms with van der Waals surface area (Å²) in [5.74, 6) is 0. The highest BCUT2D eigenvalue weighted by molar-refractivity contribution is 4.68. The van der Waals surface area contributed by atoms with Gasteiger partial charge in [-0.1, -0.05) is 52.4 Å². The summed E-state index contributed by atoms with van der Waals surface area (Å²) in [5.41, 5.74) is 0. The van der Waals surface area contributed by atoms with Gasteiger partial charge < -0.3 is 4.74 Å². The summed E-state index contributed by atoms with van der Waals surface area (Å²) in [6.07, 6.45) is 11.4. The normalized spacial score (nSPS) is 21.8. The molecule has 1 atom stereocenters. The summed E-state index contributed by atoms with van der Waals surface area (Å²) in [7, 11) is 0. The number of rotatable bonds is 9. The SMILES string of the molecule is CCCCCCCCCC1OCCN1CC. The van der Waals surface area contributed by atoms with Crippen molar-refractivity contribution in [1.82, 2.24) is 4.90 Å². The summed E-state index contributed by atoms with van der Waals surface area (Å²) in [6, 6.07) is 0. The fraction of sp³-hybridized carbons (Fsp3) is 1.00. The molecule has 16 heavy (non-hydrogen) atoms. The van der Waals surface area contributed by atoms with E-state index in [4.69, 9.17) is 4.74 Å². The van der Waals surface area contributed by atoms with E-state index in [1.165, 1.54) is 51.4 Å². The van der Waals surface area contributed by atoms with Crippen molar-refractivity contribution >= 4 is 0 Å². The van der Waals surface area contributed by atoms with Gasteiger partial charge in [-0.05, 0) is 19.4 Å². The molecule has 96 valence electrons. The van der Waals surface area contributed by atoms with Crippen LogP contribution < -0.4 is 0 Å². The maximum Gasteiger partial charge on any atom is 0.110 e. The molecule has 0 N–H and O–H groups in total. The lowest BCUT2D eigenvalue weighted by Crippen LogP contribution is -2.29. The van der Waals surface area contributed by atoms with Crippen LogP contribution in [0.3, 0.4) is 0 Å². The van der Waals surface area contributed by atoms with Crippen LogP contribution in [0.25, 0.3) is 0 Å². The van der Waals surface area contributed by atoms with E-state index >= 15 is 0 Å². The second-order valence-corrected chi connectivity index (χ2v) is 4.86. The molecule has 1 fully saturated rings. The standard InChI is InChI=1S/C14H29NO/c1-3-5-6-7-8-9-10-11-14-15(4-2)12-13-16-14/h14H,3-13H2,1-2H3. The maximum absolute atomic E-state index is 5.73. The van der Waals surface area contributed by atoms with Crippen LogP contribution >= 0.6 is 0 Å². The van der Waals surface area contributed by atoms with E-state index in [1.807, 2.05) is 0 Å². The number of hydrogen-bond acceptors (Lipinski definition) is 2. The Kier molecular flexibility index (Phi) is 7.87. The molecule has 1 rings (SSSR count). The monoisotopic (exact) mass is 227 g/mol. The quantitative estimate of drug-likeness (QED) is 0.555. The van der Waals surface area contributed by atoms with Crippen molar-refractivity contribution in [2.24, 2.45) is 0 Å². The number of nitrogens with zero attached hydrogens (tertiary/aromatic N) is 1. The van der Waals surface area contributed by atoms with Gasteiger partial charge in [0.15, 0.2) is 0 Å². The molecule has 0 aromatic carbocycles. The van der Waals surface area contributed by atoms with Gasteiger partial charge in [-0.2, -0.15) is 0 Å². The van der Waals surface area contributed by atoms with Crippen molar-refractivity contribution in [1.29, 1.82) is 0 Å². The zero-order valence-corrected chi connectivity index (χ0v) is 11.2. The molecule has 0 aromatic rings. The Labute approximate surface area is 101 Å². The Bertz CT molecular complexity index is 161. The zero-order chi connectivity index (χ0) is 11.6. The highest BCUT2D eigenvalue weighted by atomic mass is 16.5. The van der Waals surface area contributed by atoms with Gasteiger partial charge in [0, 0.05) is 6.54 Å². The molecular weight excluding hydrogens is 198 g/mol.